The summed E-state index contributed by atoms with van der Waals surface area (Å²) in [5, 5.41) is 8.94. The number of carbonyl (C=O) groups is 1. The van der Waals surface area contributed by atoms with Crippen molar-refractivity contribution in [3.05, 3.63) is 11.6 Å². The molecule has 0 aromatic heterocycles. The van der Waals surface area contributed by atoms with Crippen LogP contribution < -0.4 is 19.9 Å². The molecule has 1 aromatic rings. The summed E-state index contributed by atoms with van der Waals surface area (Å²) in [6.07, 6.45) is 0. The summed E-state index contributed by atoms with van der Waals surface area (Å²) in [5.74, 6) is -0.477. The Bertz CT molecular complexity index is 422. The first-order valence-corrected chi connectivity index (χ1v) is 4.38. The number of hydrogen-bond acceptors (Lipinski definition) is 5. The number of hydrogen-bond donors (Lipinski definition) is 2. The van der Waals surface area contributed by atoms with E-state index >= 15 is 0 Å². The van der Waals surface area contributed by atoms with E-state index < -0.39 is 5.97 Å². The average Bonchev–Trinajstić information content (AvgIpc) is 2.27. The van der Waals surface area contributed by atoms with Gasteiger partial charge in [0, 0.05) is 6.07 Å². The van der Waals surface area contributed by atoms with Crippen LogP contribution in [0.15, 0.2) is 6.07 Å². The van der Waals surface area contributed by atoms with Gasteiger partial charge in [0.2, 0.25) is 5.75 Å². The van der Waals surface area contributed by atoms with Crippen molar-refractivity contribution in [1.29, 1.82) is 0 Å². The molecule has 0 unspecified atom stereocenters. The fraction of sp³-hybridized carbons (Fsp3) is 0.300. The molecular formula is C10H14ClNO5. The molecule has 0 atom stereocenters. The third kappa shape index (κ3) is 2.65. The Balaban J connectivity index is 0.00000256. The van der Waals surface area contributed by atoms with Gasteiger partial charge in [0.1, 0.15) is 0 Å². The summed E-state index contributed by atoms with van der Waals surface area (Å²) in [6.45, 7) is 0. The number of methoxy groups -OCH3 is 3. The van der Waals surface area contributed by atoms with Crippen molar-refractivity contribution >= 4 is 24.1 Å². The fourth-order valence-electron chi connectivity index (χ4n) is 1.36. The largest absolute Gasteiger partial charge is 0.493 e. The molecule has 0 amide bonds. The molecule has 0 fully saturated rings. The van der Waals surface area contributed by atoms with Gasteiger partial charge >= 0.3 is 5.97 Å². The Morgan fingerprint density at radius 1 is 1.18 bits per heavy atom. The highest BCUT2D eigenvalue weighted by Crippen LogP contribution is 2.43. The summed E-state index contributed by atoms with van der Waals surface area (Å²) in [7, 11) is 4.19. The maximum atomic E-state index is 10.9. The lowest BCUT2D eigenvalue weighted by Crippen LogP contribution is -2.07. The third-order valence-electron chi connectivity index (χ3n) is 2.10. The van der Waals surface area contributed by atoms with E-state index in [1.54, 1.807) is 0 Å². The van der Waals surface area contributed by atoms with Crippen molar-refractivity contribution in [3.8, 4) is 17.2 Å². The minimum atomic E-state index is -1.16. The Morgan fingerprint density at radius 3 is 2.06 bits per heavy atom. The monoisotopic (exact) mass is 263 g/mol. The Hall–Kier alpha value is -1.82. The van der Waals surface area contributed by atoms with Crippen LogP contribution in [-0.4, -0.2) is 32.4 Å². The minimum Gasteiger partial charge on any atom is -0.493 e. The van der Waals surface area contributed by atoms with Gasteiger partial charge in [-0.15, -0.1) is 12.4 Å². The van der Waals surface area contributed by atoms with Crippen molar-refractivity contribution in [1.82, 2.24) is 0 Å². The van der Waals surface area contributed by atoms with Crippen LogP contribution in [0, 0.1) is 0 Å². The van der Waals surface area contributed by atoms with Crippen LogP contribution >= 0.6 is 12.4 Å². The molecule has 17 heavy (non-hydrogen) atoms. The smallest absolute Gasteiger partial charge is 0.338 e. The van der Waals surface area contributed by atoms with Crippen molar-refractivity contribution < 1.29 is 24.1 Å². The van der Waals surface area contributed by atoms with Crippen molar-refractivity contribution in [2.45, 2.75) is 0 Å². The van der Waals surface area contributed by atoms with Gasteiger partial charge in [-0.2, -0.15) is 0 Å². The number of nitrogen functional groups attached to an aromatic ring is 1. The van der Waals surface area contributed by atoms with Crippen LogP contribution in [0.25, 0.3) is 0 Å². The number of halogens is 1. The summed E-state index contributed by atoms with van der Waals surface area (Å²) in [5.41, 5.74) is 5.57. The van der Waals surface area contributed by atoms with E-state index in [0.29, 0.717) is 0 Å². The molecule has 1 aromatic carbocycles. The molecular weight excluding hydrogens is 250 g/mol. The van der Waals surface area contributed by atoms with Crippen LogP contribution in [0.1, 0.15) is 10.4 Å². The number of benzene rings is 1. The van der Waals surface area contributed by atoms with E-state index in [9.17, 15) is 4.79 Å². The Morgan fingerprint density at radius 2 is 1.71 bits per heavy atom. The molecule has 0 saturated carbocycles. The van der Waals surface area contributed by atoms with Crippen LogP contribution in [0.3, 0.4) is 0 Å². The maximum Gasteiger partial charge on any atom is 0.338 e. The van der Waals surface area contributed by atoms with Gasteiger partial charge in [-0.3, -0.25) is 0 Å². The summed E-state index contributed by atoms with van der Waals surface area (Å²) >= 11 is 0. The molecule has 0 spiro atoms. The zero-order chi connectivity index (χ0) is 12.3. The minimum absolute atomic E-state index is 0. The molecule has 3 N–H and O–H groups in total. The number of carboxylic acids is 1. The fourth-order valence-corrected chi connectivity index (χ4v) is 1.36. The van der Waals surface area contributed by atoms with Crippen LogP contribution in [0.5, 0.6) is 17.2 Å². The Labute approximate surface area is 105 Å². The third-order valence-corrected chi connectivity index (χ3v) is 2.10. The van der Waals surface area contributed by atoms with E-state index in [-0.39, 0.29) is 40.9 Å². The first-order valence-electron chi connectivity index (χ1n) is 4.38. The van der Waals surface area contributed by atoms with Gasteiger partial charge < -0.3 is 25.1 Å². The molecule has 96 valence electrons. The SMILES string of the molecule is COc1cc(C(=O)O)c(N)c(OC)c1OC.Cl. The second-order valence-corrected chi connectivity index (χ2v) is 2.91. The van der Waals surface area contributed by atoms with E-state index in [4.69, 9.17) is 25.1 Å². The second-order valence-electron chi connectivity index (χ2n) is 2.91. The van der Waals surface area contributed by atoms with E-state index in [0.717, 1.165) is 0 Å². The lowest BCUT2D eigenvalue weighted by atomic mass is 10.1. The molecule has 0 aliphatic rings. The zero-order valence-corrected chi connectivity index (χ0v) is 10.5. The second kappa shape index (κ2) is 6.05. The predicted octanol–water partition coefficient (Wildman–Crippen LogP) is 1.41. The molecule has 1 rings (SSSR count). The lowest BCUT2D eigenvalue weighted by Gasteiger charge is -2.15. The molecule has 0 heterocycles. The highest BCUT2D eigenvalue weighted by molar-refractivity contribution is 5.97. The summed E-state index contributed by atoms with van der Waals surface area (Å²) in [6, 6.07) is 1.29. The number of ether oxygens (including phenoxy) is 3. The normalized spacial score (nSPS) is 9.12. The number of anilines is 1. The summed E-state index contributed by atoms with van der Waals surface area (Å²) in [4.78, 5) is 10.9. The molecule has 6 nitrogen and oxygen atoms in total. The first-order chi connectivity index (χ1) is 7.56. The van der Waals surface area contributed by atoms with Gasteiger partial charge in [0.25, 0.3) is 0 Å². The molecule has 7 heteroatoms. The predicted molar refractivity (Wildman–Crippen MR) is 64.7 cm³/mol. The number of nitrogens with two attached hydrogens (primary N) is 1. The van der Waals surface area contributed by atoms with Gasteiger partial charge in [-0.05, 0) is 0 Å². The summed E-state index contributed by atoms with van der Waals surface area (Å²) < 4.78 is 15.1. The standard InChI is InChI=1S/C10H13NO5.ClH/c1-14-6-4-5(10(12)13)7(11)9(16-3)8(6)15-2;/h4H,11H2,1-3H3,(H,12,13);1H. The van der Waals surface area contributed by atoms with Crippen molar-refractivity contribution in [3.63, 3.8) is 0 Å². The van der Waals surface area contributed by atoms with Gasteiger partial charge in [0.05, 0.1) is 32.6 Å². The van der Waals surface area contributed by atoms with Gasteiger partial charge in [-0.1, -0.05) is 0 Å². The highest BCUT2D eigenvalue weighted by Gasteiger charge is 2.21. The average molecular weight is 264 g/mol. The molecule has 0 radical (unpaired) electrons. The van der Waals surface area contributed by atoms with Gasteiger partial charge in [-0.25, -0.2) is 4.79 Å². The number of aromatic carboxylic acids is 1. The molecule has 0 saturated heterocycles. The topological polar surface area (TPSA) is 91.0 Å². The molecule has 0 aliphatic carbocycles. The van der Waals surface area contributed by atoms with Gasteiger partial charge in [0.15, 0.2) is 11.5 Å². The van der Waals surface area contributed by atoms with Crippen LogP contribution in [0.2, 0.25) is 0 Å². The van der Waals surface area contributed by atoms with Crippen molar-refractivity contribution in [2.24, 2.45) is 0 Å². The number of carboxylic acid groups (broad SMARTS) is 1. The van der Waals surface area contributed by atoms with E-state index in [2.05, 4.69) is 0 Å². The highest BCUT2D eigenvalue weighted by atomic mass is 35.5. The molecule has 0 aliphatic heterocycles. The maximum absolute atomic E-state index is 10.9. The van der Waals surface area contributed by atoms with Crippen LogP contribution in [0.4, 0.5) is 5.69 Å². The van der Waals surface area contributed by atoms with E-state index in [1.807, 2.05) is 0 Å². The van der Waals surface area contributed by atoms with Crippen molar-refractivity contribution in [2.75, 3.05) is 27.1 Å². The number of rotatable bonds is 4. The Kier molecular flexibility index (Phi) is 5.40. The van der Waals surface area contributed by atoms with Crippen LogP contribution in [-0.2, 0) is 0 Å². The van der Waals surface area contributed by atoms with E-state index in [1.165, 1.54) is 27.4 Å². The quantitative estimate of drug-likeness (QED) is 0.798. The molecule has 0 bridgehead atoms. The lowest BCUT2D eigenvalue weighted by molar-refractivity contribution is 0.0697. The zero-order valence-electron chi connectivity index (χ0n) is 9.64. The first kappa shape index (κ1) is 15.2.